The number of anilines is 1. The lowest BCUT2D eigenvalue weighted by Gasteiger charge is -2.13. The Morgan fingerprint density at radius 3 is 3.00 bits per heavy atom. The topological polar surface area (TPSA) is 68.3 Å². The van der Waals surface area contributed by atoms with Crippen molar-refractivity contribution in [3.63, 3.8) is 0 Å². The number of amides is 1. The first kappa shape index (κ1) is 12.3. The third kappa shape index (κ3) is 2.26. The van der Waals surface area contributed by atoms with Crippen molar-refractivity contribution >= 4 is 27.5 Å². The van der Waals surface area contributed by atoms with Gasteiger partial charge in [-0.05, 0) is 58.1 Å². The van der Waals surface area contributed by atoms with Crippen molar-refractivity contribution < 1.29 is 9.21 Å². The number of rotatable bonds is 2. The van der Waals surface area contributed by atoms with Crippen LogP contribution in [0.25, 0.3) is 0 Å². The Bertz CT molecular complexity index is 636. The summed E-state index contributed by atoms with van der Waals surface area (Å²) in [6.45, 7) is 0. The molecule has 1 aliphatic carbocycles. The lowest BCUT2D eigenvalue weighted by molar-refractivity contribution is 0.0935. The first-order valence-corrected chi connectivity index (χ1v) is 6.86. The van der Waals surface area contributed by atoms with Crippen molar-refractivity contribution in [2.45, 2.75) is 18.9 Å². The predicted octanol–water partition coefficient (Wildman–Crippen LogP) is 3.04. The first-order chi connectivity index (χ1) is 9.15. The number of benzene rings is 1. The van der Waals surface area contributed by atoms with E-state index < -0.39 is 0 Å². The second-order valence-electron chi connectivity index (χ2n) is 4.63. The first-order valence-electron chi connectivity index (χ1n) is 6.07. The fourth-order valence-corrected chi connectivity index (χ4v) is 2.90. The summed E-state index contributed by atoms with van der Waals surface area (Å²) in [4.78, 5) is 12.1. The van der Waals surface area contributed by atoms with E-state index in [1.807, 2.05) is 18.2 Å². The van der Waals surface area contributed by atoms with E-state index in [0.29, 0.717) is 10.2 Å². The quantitative estimate of drug-likeness (QED) is 0.836. The molecule has 3 N–H and O–H groups in total. The molecule has 4 nitrogen and oxygen atoms in total. The van der Waals surface area contributed by atoms with Crippen molar-refractivity contribution in [3.8, 4) is 0 Å². The molecule has 1 aliphatic rings. The van der Waals surface area contributed by atoms with Gasteiger partial charge in [0.15, 0.2) is 4.67 Å². The van der Waals surface area contributed by atoms with Gasteiger partial charge < -0.3 is 15.5 Å². The number of hydrogen-bond acceptors (Lipinski definition) is 3. The second-order valence-corrected chi connectivity index (χ2v) is 5.35. The normalized spacial score (nSPS) is 17.2. The third-order valence-electron chi connectivity index (χ3n) is 3.41. The van der Waals surface area contributed by atoms with Gasteiger partial charge in [-0.2, -0.15) is 0 Å². The van der Waals surface area contributed by atoms with Crippen LogP contribution in [0.5, 0.6) is 0 Å². The van der Waals surface area contributed by atoms with Gasteiger partial charge in [0.2, 0.25) is 0 Å². The standard InChI is InChI=1S/C14H13BrN2O2/c15-13-11(5-6-19-13)14(18)17-12-4-1-8-7-9(16)2-3-10(8)12/h2-3,5-7,12H,1,4,16H2,(H,17,18). The van der Waals surface area contributed by atoms with E-state index in [-0.39, 0.29) is 11.9 Å². The minimum absolute atomic E-state index is 0.0462. The fourth-order valence-electron chi connectivity index (χ4n) is 2.48. The molecule has 1 aromatic carbocycles. The average Bonchev–Trinajstić information content (AvgIpc) is 2.96. The van der Waals surface area contributed by atoms with Gasteiger partial charge in [-0.25, -0.2) is 0 Å². The van der Waals surface area contributed by atoms with Crippen molar-refractivity contribution in [2.24, 2.45) is 0 Å². The number of hydrogen-bond donors (Lipinski definition) is 2. The molecular formula is C14H13BrN2O2. The highest BCUT2D eigenvalue weighted by Crippen LogP contribution is 2.32. The van der Waals surface area contributed by atoms with Crippen LogP contribution in [-0.2, 0) is 6.42 Å². The summed E-state index contributed by atoms with van der Waals surface area (Å²) in [6, 6.07) is 7.54. The molecule has 1 atom stereocenters. The number of aryl methyl sites for hydroxylation is 1. The van der Waals surface area contributed by atoms with Crippen LogP contribution in [0, 0.1) is 0 Å². The summed E-state index contributed by atoms with van der Waals surface area (Å²) in [5, 5.41) is 3.03. The number of nitrogens with one attached hydrogen (secondary N) is 1. The Morgan fingerprint density at radius 2 is 2.26 bits per heavy atom. The van der Waals surface area contributed by atoms with Crippen LogP contribution in [0.15, 0.2) is 39.6 Å². The number of carbonyl (C=O) groups excluding carboxylic acids is 1. The van der Waals surface area contributed by atoms with Gasteiger partial charge in [-0.1, -0.05) is 6.07 Å². The molecule has 2 aromatic rings. The summed E-state index contributed by atoms with van der Waals surface area (Å²) in [5.74, 6) is -0.129. The van der Waals surface area contributed by atoms with Crippen LogP contribution in [0.2, 0.25) is 0 Å². The molecule has 0 saturated heterocycles. The van der Waals surface area contributed by atoms with Gasteiger partial charge in [-0.15, -0.1) is 0 Å². The molecule has 3 rings (SSSR count). The summed E-state index contributed by atoms with van der Waals surface area (Å²) in [5.41, 5.74) is 9.43. The number of nitrogen functional groups attached to an aromatic ring is 1. The van der Waals surface area contributed by atoms with Crippen molar-refractivity contribution in [1.29, 1.82) is 0 Å². The van der Waals surface area contributed by atoms with E-state index in [1.165, 1.54) is 11.8 Å². The maximum Gasteiger partial charge on any atom is 0.256 e. The van der Waals surface area contributed by atoms with E-state index in [9.17, 15) is 4.79 Å². The molecule has 98 valence electrons. The summed E-state index contributed by atoms with van der Waals surface area (Å²) in [6.07, 6.45) is 3.33. The van der Waals surface area contributed by atoms with Gasteiger partial charge in [-0.3, -0.25) is 4.79 Å². The number of furan rings is 1. The fraction of sp³-hybridized carbons (Fsp3) is 0.214. The predicted molar refractivity (Wildman–Crippen MR) is 75.8 cm³/mol. The molecule has 1 unspecified atom stereocenters. The van der Waals surface area contributed by atoms with Crippen LogP contribution in [-0.4, -0.2) is 5.91 Å². The zero-order valence-corrected chi connectivity index (χ0v) is 11.7. The van der Waals surface area contributed by atoms with Crippen LogP contribution >= 0.6 is 15.9 Å². The van der Waals surface area contributed by atoms with Crippen LogP contribution < -0.4 is 11.1 Å². The molecule has 0 spiro atoms. The largest absolute Gasteiger partial charge is 0.457 e. The molecule has 0 saturated carbocycles. The molecule has 0 aliphatic heterocycles. The zero-order chi connectivity index (χ0) is 13.4. The number of halogens is 1. The summed E-state index contributed by atoms with van der Waals surface area (Å²) >= 11 is 3.21. The maximum atomic E-state index is 12.1. The average molecular weight is 321 g/mol. The van der Waals surface area contributed by atoms with Gasteiger partial charge in [0, 0.05) is 5.69 Å². The highest BCUT2D eigenvalue weighted by atomic mass is 79.9. The maximum absolute atomic E-state index is 12.1. The number of nitrogens with two attached hydrogens (primary N) is 1. The number of fused-ring (bicyclic) bond motifs is 1. The SMILES string of the molecule is Nc1ccc2c(c1)CCC2NC(=O)c1ccoc1Br. The van der Waals surface area contributed by atoms with Gasteiger partial charge in [0.1, 0.15) is 0 Å². The van der Waals surface area contributed by atoms with Crippen LogP contribution in [0.4, 0.5) is 5.69 Å². The molecule has 0 radical (unpaired) electrons. The van der Waals surface area contributed by atoms with E-state index >= 15 is 0 Å². The third-order valence-corrected chi connectivity index (χ3v) is 4.03. The van der Waals surface area contributed by atoms with E-state index in [1.54, 1.807) is 6.07 Å². The van der Waals surface area contributed by atoms with E-state index in [4.69, 9.17) is 10.2 Å². The molecule has 1 amide bonds. The Kier molecular flexibility index (Phi) is 3.06. The monoisotopic (exact) mass is 320 g/mol. The van der Waals surface area contributed by atoms with E-state index in [0.717, 1.165) is 24.1 Å². The van der Waals surface area contributed by atoms with E-state index in [2.05, 4.69) is 21.2 Å². The second kappa shape index (κ2) is 4.74. The van der Waals surface area contributed by atoms with Gasteiger partial charge in [0.05, 0.1) is 17.9 Å². The Labute approximate surface area is 119 Å². The highest BCUT2D eigenvalue weighted by Gasteiger charge is 2.25. The lowest BCUT2D eigenvalue weighted by atomic mass is 10.1. The van der Waals surface area contributed by atoms with Crippen LogP contribution in [0.1, 0.15) is 33.9 Å². The molecular weight excluding hydrogens is 308 g/mol. The van der Waals surface area contributed by atoms with Gasteiger partial charge in [0.25, 0.3) is 5.91 Å². The molecule has 1 heterocycles. The smallest absolute Gasteiger partial charge is 0.256 e. The molecule has 1 aromatic heterocycles. The van der Waals surface area contributed by atoms with Crippen LogP contribution in [0.3, 0.4) is 0 Å². The van der Waals surface area contributed by atoms with Crippen molar-refractivity contribution in [1.82, 2.24) is 5.32 Å². The number of carbonyl (C=O) groups is 1. The Hall–Kier alpha value is -1.75. The minimum Gasteiger partial charge on any atom is -0.457 e. The Morgan fingerprint density at radius 1 is 1.42 bits per heavy atom. The van der Waals surface area contributed by atoms with Crippen molar-refractivity contribution in [3.05, 3.63) is 51.9 Å². The highest BCUT2D eigenvalue weighted by molar-refractivity contribution is 9.10. The molecule has 0 fully saturated rings. The summed E-state index contributed by atoms with van der Waals surface area (Å²) < 4.78 is 5.53. The lowest BCUT2D eigenvalue weighted by Crippen LogP contribution is -2.27. The molecule has 19 heavy (non-hydrogen) atoms. The summed E-state index contributed by atoms with van der Waals surface area (Å²) in [7, 11) is 0. The van der Waals surface area contributed by atoms with Crippen molar-refractivity contribution in [2.75, 3.05) is 5.73 Å². The molecule has 0 bridgehead atoms. The Balaban J connectivity index is 1.80. The molecule has 5 heteroatoms. The van der Waals surface area contributed by atoms with Gasteiger partial charge >= 0.3 is 0 Å². The minimum atomic E-state index is -0.129. The zero-order valence-electron chi connectivity index (χ0n) is 10.2.